The van der Waals surface area contributed by atoms with Gasteiger partial charge < -0.3 is 9.15 Å². The summed E-state index contributed by atoms with van der Waals surface area (Å²) in [4.78, 5) is 17.5. The molecule has 0 fully saturated rings. The molecule has 0 N–H and O–H groups in total. The summed E-state index contributed by atoms with van der Waals surface area (Å²) in [6.45, 7) is 5.66. The molecule has 6 nitrogen and oxygen atoms in total. The van der Waals surface area contributed by atoms with E-state index in [1.54, 1.807) is 29.9 Å². The number of fused-ring (bicyclic) bond motifs is 1. The Balaban J connectivity index is 1.87. The van der Waals surface area contributed by atoms with Crippen LogP contribution in [0.3, 0.4) is 0 Å². The molecule has 1 aromatic carbocycles. The second-order valence-electron chi connectivity index (χ2n) is 7.42. The number of benzene rings is 1. The van der Waals surface area contributed by atoms with Crippen LogP contribution in [-0.4, -0.2) is 21.0 Å². The first-order valence-corrected chi connectivity index (χ1v) is 11.3. The molecule has 0 bridgehead atoms. The van der Waals surface area contributed by atoms with Gasteiger partial charge in [0.25, 0.3) is 0 Å². The Bertz CT molecular complexity index is 1350. The lowest BCUT2D eigenvalue weighted by Gasteiger charge is -2.19. The zero-order valence-electron chi connectivity index (χ0n) is 17.9. The number of rotatable bonds is 5. The number of halogens is 1. The zero-order valence-corrected chi connectivity index (χ0v) is 19.5. The fraction of sp³-hybridized carbons (Fsp3) is 0.261. The summed E-state index contributed by atoms with van der Waals surface area (Å²) in [6, 6.07) is 7.34. The fourth-order valence-corrected chi connectivity index (χ4v) is 4.28. The standard InChI is InChI=1S/C23H22ClN3O3S/c1-12-8-16(14(3)29-18-6-7-19(24)26-23(18)31-5)22-17(9-12)20(28)13(2)21(30-22)15-10-25-27(4)11-15/h6-11,14H,1-5H3. The van der Waals surface area contributed by atoms with Gasteiger partial charge in [-0.05, 0) is 56.9 Å². The molecule has 31 heavy (non-hydrogen) atoms. The Morgan fingerprint density at radius 2 is 2.03 bits per heavy atom. The van der Waals surface area contributed by atoms with Crippen LogP contribution in [0.2, 0.25) is 5.15 Å². The molecule has 0 saturated carbocycles. The molecule has 1 atom stereocenters. The summed E-state index contributed by atoms with van der Waals surface area (Å²) >= 11 is 7.48. The molecule has 4 aromatic rings. The highest BCUT2D eigenvalue weighted by atomic mass is 35.5. The third-order valence-corrected chi connectivity index (χ3v) is 5.98. The van der Waals surface area contributed by atoms with E-state index in [2.05, 4.69) is 10.1 Å². The normalized spacial score (nSPS) is 12.3. The molecule has 0 radical (unpaired) electrons. The highest BCUT2D eigenvalue weighted by Gasteiger charge is 2.21. The predicted molar refractivity (Wildman–Crippen MR) is 124 cm³/mol. The largest absolute Gasteiger partial charge is 0.483 e. The molecular formula is C23H22ClN3O3S. The maximum absolute atomic E-state index is 13.2. The summed E-state index contributed by atoms with van der Waals surface area (Å²) in [6.07, 6.45) is 5.05. The van der Waals surface area contributed by atoms with E-state index in [1.807, 2.05) is 45.5 Å². The molecule has 0 aliphatic carbocycles. The first kappa shape index (κ1) is 21.5. The van der Waals surface area contributed by atoms with Crippen LogP contribution in [0, 0.1) is 13.8 Å². The van der Waals surface area contributed by atoms with Crippen LogP contribution in [0.25, 0.3) is 22.3 Å². The number of hydrogen-bond donors (Lipinski definition) is 0. The molecule has 160 valence electrons. The number of thioether (sulfide) groups is 1. The van der Waals surface area contributed by atoms with Crippen molar-refractivity contribution in [1.29, 1.82) is 0 Å². The van der Waals surface area contributed by atoms with Crippen molar-refractivity contribution in [2.75, 3.05) is 6.26 Å². The third-order valence-electron chi connectivity index (χ3n) is 5.09. The maximum Gasteiger partial charge on any atom is 0.196 e. The number of aryl methyl sites for hydroxylation is 2. The molecule has 0 aliphatic rings. The number of ether oxygens (including phenoxy) is 1. The van der Waals surface area contributed by atoms with Gasteiger partial charge in [-0.15, -0.1) is 11.8 Å². The van der Waals surface area contributed by atoms with Gasteiger partial charge in [-0.1, -0.05) is 11.6 Å². The number of nitrogens with zero attached hydrogens (tertiary/aromatic N) is 3. The monoisotopic (exact) mass is 455 g/mol. The molecule has 0 aliphatic heterocycles. The van der Waals surface area contributed by atoms with Crippen LogP contribution in [-0.2, 0) is 7.05 Å². The Morgan fingerprint density at radius 3 is 2.71 bits per heavy atom. The maximum atomic E-state index is 13.2. The molecule has 0 spiro atoms. The highest BCUT2D eigenvalue weighted by molar-refractivity contribution is 7.98. The van der Waals surface area contributed by atoms with E-state index in [4.69, 9.17) is 20.8 Å². The lowest BCUT2D eigenvalue weighted by molar-refractivity contribution is 0.219. The highest BCUT2D eigenvalue weighted by Crippen LogP contribution is 2.35. The SMILES string of the molecule is CSc1nc(Cl)ccc1OC(C)c1cc(C)cc2c(=O)c(C)c(-c3cnn(C)c3)oc12. The van der Waals surface area contributed by atoms with Crippen molar-refractivity contribution in [3.05, 3.63) is 68.7 Å². The predicted octanol–water partition coefficient (Wildman–Crippen LogP) is 5.72. The molecule has 3 aromatic heterocycles. The summed E-state index contributed by atoms with van der Waals surface area (Å²) < 4.78 is 14.2. The van der Waals surface area contributed by atoms with Gasteiger partial charge in [0.2, 0.25) is 0 Å². The molecular weight excluding hydrogens is 434 g/mol. The smallest absolute Gasteiger partial charge is 0.196 e. The summed E-state index contributed by atoms with van der Waals surface area (Å²) in [5.41, 5.74) is 3.51. The Kier molecular flexibility index (Phi) is 5.81. The van der Waals surface area contributed by atoms with Crippen LogP contribution in [0.1, 0.15) is 29.7 Å². The van der Waals surface area contributed by atoms with Gasteiger partial charge in [0.05, 0.1) is 17.1 Å². The second-order valence-corrected chi connectivity index (χ2v) is 8.60. The van der Waals surface area contributed by atoms with E-state index in [-0.39, 0.29) is 11.5 Å². The second kappa shape index (κ2) is 8.40. The van der Waals surface area contributed by atoms with Gasteiger partial charge >= 0.3 is 0 Å². The zero-order chi connectivity index (χ0) is 22.3. The van der Waals surface area contributed by atoms with Crippen LogP contribution in [0.5, 0.6) is 5.75 Å². The van der Waals surface area contributed by atoms with Gasteiger partial charge in [-0.3, -0.25) is 9.48 Å². The van der Waals surface area contributed by atoms with E-state index in [9.17, 15) is 4.79 Å². The molecule has 0 saturated heterocycles. The van der Waals surface area contributed by atoms with Crippen molar-refractivity contribution in [3.63, 3.8) is 0 Å². The number of hydrogen-bond acceptors (Lipinski definition) is 6. The van der Waals surface area contributed by atoms with Crippen LogP contribution in [0.4, 0.5) is 0 Å². The van der Waals surface area contributed by atoms with E-state index >= 15 is 0 Å². The first-order chi connectivity index (χ1) is 14.8. The minimum absolute atomic E-state index is 0.0600. The van der Waals surface area contributed by atoms with Crippen LogP contribution < -0.4 is 10.2 Å². The van der Waals surface area contributed by atoms with Gasteiger partial charge in [0, 0.05) is 24.4 Å². The van der Waals surface area contributed by atoms with E-state index < -0.39 is 0 Å². The Morgan fingerprint density at radius 1 is 1.26 bits per heavy atom. The summed E-state index contributed by atoms with van der Waals surface area (Å²) in [7, 11) is 1.83. The van der Waals surface area contributed by atoms with E-state index in [0.717, 1.165) is 16.7 Å². The average molecular weight is 456 g/mol. The molecule has 3 heterocycles. The molecule has 0 amide bonds. The molecule has 4 rings (SSSR count). The van der Waals surface area contributed by atoms with Crippen molar-refractivity contribution in [3.8, 4) is 17.1 Å². The van der Waals surface area contributed by atoms with Gasteiger partial charge in [-0.2, -0.15) is 5.10 Å². The summed E-state index contributed by atoms with van der Waals surface area (Å²) in [5, 5.41) is 5.85. The van der Waals surface area contributed by atoms with Crippen molar-refractivity contribution in [2.45, 2.75) is 31.9 Å². The minimum Gasteiger partial charge on any atom is -0.483 e. The van der Waals surface area contributed by atoms with Crippen molar-refractivity contribution in [1.82, 2.24) is 14.8 Å². The van der Waals surface area contributed by atoms with Crippen molar-refractivity contribution < 1.29 is 9.15 Å². The van der Waals surface area contributed by atoms with Crippen molar-refractivity contribution >= 4 is 34.3 Å². The Labute approximate surface area is 189 Å². The van der Waals surface area contributed by atoms with Gasteiger partial charge in [0.15, 0.2) is 11.2 Å². The van der Waals surface area contributed by atoms with E-state index in [0.29, 0.717) is 38.2 Å². The average Bonchev–Trinajstić information content (AvgIpc) is 3.17. The third kappa shape index (κ3) is 4.07. The first-order valence-electron chi connectivity index (χ1n) is 9.72. The lowest BCUT2D eigenvalue weighted by atomic mass is 10.0. The van der Waals surface area contributed by atoms with Gasteiger partial charge in [-0.25, -0.2) is 4.98 Å². The van der Waals surface area contributed by atoms with Crippen molar-refractivity contribution in [2.24, 2.45) is 7.05 Å². The summed E-state index contributed by atoms with van der Waals surface area (Å²) in [5.74, 6) is 1.14. The molecule has 8 heteroatoms. The minimum atomic E-state index is -0.385. The number of pyridine rings is 1. The van der Waals surface area contributed by atoms with E-state index in [1.165, 1.54) is 11.8 Å². The van der Waals surface area contributed by atoms with Gasteiger partial charge in [0.1, 0.15) is 27.6 Å². The number of aromatic nitrogens is 3. The fourth-order valence-electron chi connectivity index (χ4n) is 3.58. The quantitative estimate of drug-likeness (QED) is 0.283. The Hall–Kier alpha value is -2.77. The van der Waals surface area contributed by atoms with Crippen LogP contribution >= 0.6 is 23.4 Å². The topological polar surface area (TPSA) is 70.2 Å². The molecule has 1 unspecified atom stereocenters. The van der Waals surface area contributed by atoms with Crippen LogP contribution in [0.15, 0.2) is 50.9 Å². The lowest BCUT2D eigenvalue weighted by Crippen LogP contribution is -2.11.